The number of amides is 2. The molecule has 4 N–H and O–H groups in total. The molecule has 2 amide bonds. The normalized spacial score (nSPS) is 20.6. The monoisotopic (exact) mass is 522 g/mol. The van der Waals surface area contributed by atoms with E-state index >= 15 is 0 Å². The number of carbonyl (C=O) groups excluding carboxylic acids is 2. The Kier molecular flexibility index (Phi) is 7.75. The largest absolute Gasteiger partial charge is 0.497 e. The van der Waals surface area contributed by atoms with Crippen molar-refractivity contribution >= 4 is 22.7 Å². The second-order valence-electron chi connectivity index (χ2n) is 9.88. The minimum Gasteiger partial charge on any atom is -0.497 e. The molecule has 1 aromatic carbocycles. The highest BCUT2D eigenvalue weighted by molar-refractivity contribution is 5.88. The first kappa shape index (κ1) is 25.9. The van der Waals surface area contributed by atoms with Crippen LogP contribution in [0.15, 0.2) is 42.7 Å². The molecule has 1 saturated heterocycles. The third-order valence-electron chi connectivity index (χ3n) is 6.91. The van der Waals surface area contributed by atoms with Crippen LogP contribution in [-0.4, -0.2) is 75.7 Å². The molecule has 0 radical (unpaired) electrons. The van der Waals surface area contributed by atoms with Gasteiger partial charge in [0.05, 0.1) is 24.7 Å². The number of carbonyl (C=O) groups is 2. The Labute approximate surface area is 220 Å². The smallest absolute Gasteiger partial charge is 0.251 e. The zero-order valence-electron chi connectivity index (χ0n) is 21.6. The fraction of sp³-hybridized carbons (Fsp3) is 0.481. The lowest BCUT2D eigenvalue weighted by atomic mass is 10.0. The highest BCUT2D eigenvalue weighted by atomic mass is 16.5. The van der Waals surface area contributed by atoms with Gasteiger partial charge in [-0.3, -0.25) is 9.59 Å². The number of aromatic nitrogens is 3. The second-order valence-corrected chi connectivity index (χ2v) is 9.88. The van der Waals surface area contributed by atoms with Crippen molar-refractivity contribution in [3.8, 4) is 17.3 Å². The fourth-order valence-corrected chi connectivity index (χ4v) is 4.68. The summed E-state index contributed by atoms with van der Waals surface area (Å²) in [5, 5.41) is 24.6. The van der Waals surface area contributed by atoms with E-state index in [4.69, 9.17) is 14.5 Å². The number of ether oxygens (including phenoxy) is 2. The van der Waals surface area contributed by atoms with Gasteiger partial charge in [-0.05, 0) is 37.5 Å². The van der Waals surface area contributed by atoms with Crippen LogP contribution < -0.4 is 25.4 Å². The van der Waals surface area contributed by atoms with Crippen LogP contribution >= 0.6 is 0 Å². The molecular formula is C27H34N6O5. The minimum atomic E-state index is -1.28. The van der Waals surface area contributed by atoms with E-state index in [9.17, 15) is 14.7 Å². The van der Waals surface area contributed by atoms with E-state index in [2.05, 4.69) is 21.0 Å². The molecule has 1 aliphatic carbocycles. The van der Waals surface area contributed by atoms with Gasteiger partial charge in [0.25, 0.3) is 5.91 Å². The van der Waals surface area contributed by atoms with Gasteiger partial charge in [0, 0.05) is 48.9 Å². The number of methoxy groups -OCH3 is 1. The van der Waals surface area contributed by atoms with Gasteiger partial charge in [-0.15, -0.1) is 0 Å². The third kappa shape index (κ3) is 5.89. The number of rotatable bonds is 11. The summed E-state index contributed by atoms with van der Waals surface area (Å²) >= 11 is 0. The Morgan fingerprint density at radius 2 is 2.13 bits per heavy atom. The zero-order chi connectivity index (χ0) is 26.6. The van der Waals surface area contributed by atoms with Crippen LogP contribution in [0.2, 0.25) is 0 Å². The molecule has 2 aliphatic rings. The van der Waals surface area contributed by atoms with E-state index in [-0.39, 0.29) is 18.1 Å². The molecule has 0 bridgehead atoms. The van der Waals surface area contributed by atoms with Crippen molar-refractivity contribution in [2.75, 3.05) is 13.7 Å². The molecule has 3 aromatic rings. The molecule has 5 rings (SSSR count). The van der Waals surface area contributed by atoms with Crippen LogP contribution in [0.5, 0.6) is 11.5 Å². The summed E-state index contributed by atoms with van der Waals surface area (Å²) in [7, 11) is 1.61. The number of hydrogen-bond donors (Lipinski definition) is 4. The summed E-state index contributed by atoms with van der Waals surface area (Å²) < 4.78 is 13.4. The second kappa shape index (κ2) is 11.4. The average molecular weight is 523 g/mol. The predicted molar refractivity (Wildman–Crippen MR) is 140 cm³/mol. The van der Waals surface area contributed by atoms with Gasteiger partial charge in [-0.1, -0.05) is 13.3 Å². The van der Waals surface area contributed by atoms with Crippen LogP contribution in [-0.2, 0) is 9.59 Å². The van der Waals surface area contributed by atoms with Gasteiger partial charge in [0.1, 0.15) is 17.6 Å². The van der Waals surface area contributed by atoms with Gasteiger partial charge < -0.3 is 30.5 Å². The van der Waals surface area contributed by atoms with Crippen molar-refractivity contribution in [3.63, 3.8) is 0 Å². The molecule has 1 saturated carbocycles. The standard InChI is InChI=1S/C27H34N6O5/c1-3-5-20(25(34)27(36)30-16-6-7-16)32-26(35)22-13-18(15-28-22)38-23-14-24(33-11-4-10-29-33)31-21-12-17(37-2)8-9-19(21)23/h4,8-12,14,16,18,20,22,25,28,34H,3,5-7,13,15H2,1-2H3,(H,30,36)(H,32,35)/t18-,20+,22+,25?/m1/s1. The summed E-state index contributed by atoms with van der Waals surface area (Å²) in [5.74, 6) is 1.23. The Morgan fingerprint density at radius 3 is 2.84 bits per heavy atom. The Morgan fingerprint density at radius 1 is 1.29 bits per heavy atom. The molecule has 38 heavy (non-hydrogen) atoms. The van der Waals surface area contributed by atoms with Crippen LogP contribution in [0.4, 0.5) is 0 Å². The lowest BCUT2D eigenvalue weighted by Gasteiger charge is -2.24. The van der Waals surface area contributed by atoms with Crippen molar-refractivity contribution in [3.05, 3.63) is 42.7 Å². The van der Waals surface area contributed by atoms with E-state index in [0.29, 0.717) is 42.2 Å². The maximum atomic E-state index is 13.1. The van der Waals surface area contributed by atoms with Crippen LogP contribution in [0.3, 0.4) is 0 Å². The average Bonchev–Trinajstić information content (AvgIpc) is 3.36. The maximum absolute atomic E-state index is 13.1. The number of aliphatic hydroxyl groups excluding tert-OH is 1. The molecule has 3 heterocycles. The van der Waals surface area contributed by atoms with E-state index < -0.39 is 24.1 Å². The first-order chi connectivity index (χ1) is 18.4. The molecule has 202 valence electrons. The molecule has 1 unspecified atom stereocenters. The maximum Gasteiger partial charge on any atom is 0.251 e. The molecule has 0 spiro atoms. The molecule has 2 aromatic heterocycles. The van der Waals surface area contributed by atoms with Crippen molar-refractivity contribution in [1.29, 1.82) is 0 Å². The number of pyridine rings is 1. The van der Waals surface area contributed by atoms with Gasteiger partial charge in [0.15, 0.2) is 11.9 Å². The molecule has 1 aliphatic heterocycles. The van der Waals surface area contributed by atoms with Gasteiger partial charge in [-0.2, -0.15) is 5.10 Å². The van der Waals surface area contributed by atoms with E-state index in [1.54, 1.807) is 18.0 Å². The van der Waals surface area contributed by atoms with Gasteiger partial charge >= 0.3 is 0 Å². The summed E-state index contributed by atoms with van der Waals surface area (Å²) in [4.78, 5) is 30.1. The van der Waals surface area contributed by atoms with Gasteiger partial charge in [-0.25, -0.2) is 9.67 Å². The third-order valence-corrected chi connectivity index (χ3v) is 6.91. The molecular weight excluding hydrogens is 488 g/mol. The summed E-state index contributed by atoms with van der Waals surface area (Å²) in [5.41, 5.74) is 0.702. The Hall–Kier alpha value is -3.70. The lowest BCUT2D eigenvalue weighted by molar-refractivity contribution is -0.132. The molecule has 2 fully saturated rings. The molecule has 11 nitrogen and oxygen atoms in total. The SMILES string of the molecule is CCC[C@H](NC(=O)[C@@H]1C[C@@H](Oc2cc(-n3cccn3)nc3cc(OC)ccc23)CN1)C(O)C(=O)NC1CC1. The number of nitrogens with one attached hydrogen (secondary N) is 3. The number of aliphatic hydroxyl groups is 1. The van der Waals surface area contributed by atoms with Crippen LogP contribution in [0.25, 0.3) is 16.7 Å². The Bertz CT molecular complexity index is 1280. The van der Waals surface area contributed by atoms with Crippen molar-refractivity contribution in [2.45, 2.75) is 69.4 Å². The molecule has 4 atom stereocenters. The first-order valence-corrected chi connectivity index (χ1v) is 13.1. The number of nitrogens with zero attached hydrogens (tertiary/aromatic N) is 3. The quantitative estimate of drug-likeness (QED) is 0.297. The van der Waals surface area contributed by atoms with Crippen molar-refractivity contribution in [2.24, 2.45) is 0 Å². The van der Waals surface area contributed by atoms with Crippen LogP contribution in [0.1, 0.15) is 39.0 Å². The number of fused-ring (bicyclic) bond motifs is 1. The molecule has 11 heteroatoms. The van der Waals surface area contributed by atoms with Gasteiger partial charge in [0.2, 0.25) is 5.91 Å². The highest BCUT2D eigenvalue weighted by Crippen LogP contribution is 2.31. The lowest BCUT2D eigenvalue weighted by Crippen LogP contribution is -2.54. The van der Waals surface area contributed by atoms with Crippen LogP contribution in [0, 0.1) is 0 Å². The van der Waals surface area contributed by atoms with E-state index in [0.717, 1.165) is 24.6 Å². The minimum absolute atomic E-state index is 0.142. The van der Waals surface area contributed by atoms with E-state index in [1.807, 2.05) is 43.5 Å². The number of hydrogen-bond acceptors (Lipinski definition) is 8. The summed E-state index contributed by atoms with van der Waals surface area (Å²) in [6.07, 6.45) is 5.46. The zero-order valence-corrected chi connectivity index (χ0v) is 21.6. The Balaban J connectivity index is 1.27. The topological polar surface area (TPSA) is 140 Å². The van der Waals surface area contributed by atoms with Crippen molar-refractivity contribution in [1.82, 2.24) is 30.7 Å². The predicted octanol–water partition coefficient (Wildman–Crippen LogP) is 1.46. The van der Waals surface area contributed by atoms with Crippen molar-refractivity contribution < 1.29 is 24.2 Å². The summed E-state index contributed by atoms with van der Waals surface area (Å²) in [6, 6.07) is 8.24. The fourth-order valence-electron chi connectivity index (χ4n) is 4.68. The highest BCUT2D eigenvalue weighted by Gasteiger charge is 2.35. The first-order valence-electron chi connectivity index (χ1n) is 13.1. The van der Waals surface area contributed by atoms with E-state index in [1.165, 1.54) is 0 Å². The number of benzene rings is 1. The summed E-state index contributed by atoms with van der Waals surface area (Å²) in [6.45, 7) is 2.42.